The second-order valence-corrected chi connectivity index (χ2v) is 5.23. The maximum absolute atomic E-state index is 6.11. The van der Waals surface area contributed by atoms with Crippen LogP contribution in [0.1, 0.15) is 43.6 Å². The molecule has 0 spiro atoms. The van der Waals surface area contributed by atoms with Gasteiger partial charge in [0.2, 0.25) is 0 Å². The van der Waals surface area contributed by atoms with Gasteiger partial charge in [-0.05, 0) is 62.7 Å². The molecule has 2 fully saturated rings. The van der Waals surface area contributed by atoms with Gasteiger partial charge in [-0.2, -0.15) is 0 Å². The third kappa shape index (κ3) is 2.47. The molecule has 92 valence electrons. The van der Waals surface area contributed by atoms with Gasteiger partial charge in [0.05, 0.1) is 6.10 Å². The highest BCUT2D eigenvalue weighted by Gasteiger charge is 2.23. The summed E-state index contributed by atoms with van der Waals surface area (Å²) < 4.78 is 6.11. The first-order valence-corrected chi connectivity index (χ1v) is 6.90. The molecule has 17 heavy (non-hydrogen) atoms. The van der Waals surface area contributed by atoms with E-state index >= 15 is 0 Å². The number of nitrogens with one attached hydrogen (secondary N) is 1. The second-order valence-electron chi connectivity index (χ2n) is 5.23. The summed E-state index contributed by atoms with van der Waals surface area (Å²) in [5.41, 5.74) is 1.43. The minimum absolute atomic E-state index is 0.484. The fourth-order valence-electron chi connectivity index (χ4n) is 2.73. The van der Waals surface area contributed by atoms with Crippen LogP contribution in [0.4, 0.5) is 0 Å². The molecule has 0 aromatic heterocycles. The van der Waals surface area contributed by atoms with E-state index in [1.165, 1.54) is 37.7 Å². The Morgan fingerprint density at radius 2 is 1.76 bits per heavy atom. The van der Waals surface area contributed by atoms with Gasteiger partial charge in [0.1, 0.15) is 5.75 Å². The van der Waals surface area contributed by atoms with Crippen molar-refractivity contribution in [3.63, 3.8) is 0 Å². The molecule has 0 unspecified atom stereocenters. The van der Waals surface area contributed by atoms with Crippen molar-refractivity contribution in [3.8, 4) is 5.75 Å². The van der Waals surface area contributed by atoms with Crippen molar-refractivity contribution < 1.29 is 4.74 Å². The number of piperidine rings is 1. The van der Waals surface area contributed by atoms with Crippen molar-refractivity contribution in [1.29, 1.82) is 0 Å². The number of ether oxygens (including phenoxy) is 1. The molecule has 0 bridgehead atoms. The van der Waals surface area contributed by atoms with Crippen LogP contribution in [-0.4, -0.2) is 19.2 Å². The molecule has 1 heterocycles. The van der Waals surface area contributed by atoms with Crippen LogP contribution >= 0.6 is 0 Å². The second kappa shape index (κ2) is 5.09. The SMILES string of the molecule is c1ccc(C2CCNCC2)c(OC2CCC2)c1. The lowest BCUT2D eigenvalue weighted by molar-refractivity contribution is 0.118. The van der Waals surface area contributed by atoms with Crippen LogP contribution in [0.15, 0.2) is 24.3 Å². The van der Waals surface area contributed by atoms with Crippen molar-refractivity contribution in [2.24, 2.45) is 0 Å². The van der Waals surface area contributed by atoms with Crippen LogP contribution < -0.4 is 10.1 Å². The fraction of sp³-hybridized carbons (Fsp3) is 0.600. The summed E-state index contributed by atoms with van der Waals surface area (Å²) >= 11 is 0. The van der Waals surface area contributed by atoms with Gasteiger partial charge in [-0.1, -0.05) is 18.2 Å². The van der Waals surface area contributed by atoms with Crippen LogP contribution in [0.2, 0.25) is 0 Å². The van der Waals surface area contributed by atoms with Gasteiger partial charge in [-0.25, -0.2) is 0 Å². The zero-order valence-corrected chi connectivity index (χ0v) is 10.3. The molecule has 1 aromatic carbocycles. The summed E-state index contributed by atoms with van der Waals surface area (Å²) in [5, 5.41) is 3.43. The smallest absolute Gasteiger partial charge is 0.123 e. The van der Waals surface area contributed by atoms with E-state index in [-0.39, 0.29) is 0 Å². The van der Waals surface area contributed by atoms with E-state index in [0.29, 0.717) is 12.0 Å². The van der Waals surface area contributed by atoms with E-state index in [1.54, 1.807) is 0 Å². The Bertz CT molecular complexity index is 367. The Morgan fingerprint density at radius 3 is 2.47 bits per heavy atom. The van der Waals surface area contributed by atoms with Gasteiger partial charge in [-0.15, -0.1) is 0 Å². The number of hydrogen-bond acceptors (Lipinski definition) is 2. The molecule has 1 aliphatic carbocycles. The first-order chi connectivity index (χ1) is 8.43. The van der Waals surface area contributed by atoms with E-state index < -0.39 is 0 Å². The fourth-order valence-corrected chi connectivity index (χ4v) is 2.73. The van der Waals surface area contributed by atoms with Crippen LogP contribution in [0.3, 0.4) is 0 Å². The van der Waals surface area contributed by atoms with E-state index in [2.05, 4.69) is 29.6 Å². The molecule has 1 saturated heterocycles. The molecule has 0 amide bonds. The van der Waals surface area contributed by atoms with Crippen LogP contribution in [0.25, 0.3) is 0 Å². The van der Waals surface area contributed by atoms with Gasteiger partial charge in [0.25, 0.3) is 0 Å². The third-order valence-corrected chi connectivity index (χ3v) is 4.04. The average molecular weight is 231 g/mol. The summed E-state index contributed by atoms with van der Waals surface area (Å²) in [6, 6.07) is 8.64. The molecule has 0 atom stereocenters. The Labute approximate surface area is 103 Å². The summed E-state index contributed by atoms with van der Waals surface area (Å²) in [5.74, 6) is 1.83. The van der Waals surface area contributed by atoms with Crippen LogP contribution in [0, 0.1) is 0 Å². The lowest BCUT2D eigenvalue weighted by atomic mass is 9.89. The Balaban J connectivity index is 1.76. The van der Waals surface area contributed by atoms with E-state index in [0.717, 1.165) is 18.8 Å². The predicted molar refractivity (Wildman–Crippen MR) is 69.6 cm³/mol. The molecule has 1 N–H and O–H groups in total. The van der Waals surface area contributed by atoms with Crippen LogP contribution in [-0.2, 0) is 0 Å². The van der Waals surface area contributed by atoms with Gasteiger partial charge >= 0.3 is 0 Å². The van der Waals surface area contributed by atoms with E-state index in [4.69, 9.17) is 4.74 Å². The number of benzene rings is 1. The van der Waals surface area contributed by atoms with E-state index in [1.807, 2.05) is 0 Å². The zero-order chi connectivity index (χ0) is 11.5. The van der Waals surface area contributed by atoms with Crippen molar-refractivity contribution in [3.05, 3.63) is 29.8 Å². The van der Waals surface area contributed by atoms with Crippen molar-refractivity contribution in [1.82, 2.24) is 5.32 Å². The summed E-state index contributed by atoms with van der Waals surface area (Å²) in [4.78, 5) is 0. The number of hydrogen-bond donors (Lipinski definition) is 1. The highest BCUT2D eigenvalue weighted by atomic mass is 16.5. The molecule has 1 aliphatic heterocycles. The molecule has 3 rings (SSSR count). The van der Waals surface area contributed by atoms with Crippen molar-refractivity contribution in [2.45, 2.75) is 44.1 Å². The molecule has 2 heteroatoms. The van der Waals surface area contributed by atoms with E-state index in [9.17, 15) is 0 Å². The van der Waals surface area contributed by atoms with Gasteiger partial charge in [0.15, 0.2) is 0 Å². The summed E-state index contributed by atoms with van der Waals surface area (Å²) in [6.45, 7) is 2.28. The molecular weight excluding hydrogens is 210 g/mol. The minimum Gasteiger partial charge on any atom is -0.490 e. The Kier molecular flexibility index (Phi) is 3.32. The highest BCUT2D eigenvalue weighted by molar-refractivity contribution is 5.36. The summed E-state index contributed by atoms with van der Waals surface area (Å²) in [6.07, 6.45) is 6.77. The maximum atomic E-state index is 6.11. The molecule has 1 saturated carbocycles. The molecule has 0 radical (unpaired) electrons. The van der Waals surface area contributed by atoms with Gasteiger partial charge < -0.3 is 10.1 Å². The molecule has 1 aromatic rings. The lowest BCUT2D eigenvalue weighted by Crippen LogP contribution is -2.28. The number of rotatable bonds is 3. The van der Waals surface area contributed by atoms with Crippen molar-refractivity contribution in [2.75, 3.05) is 13.1 Å². The summed E-state index contributed by atoms with van der Waals surface area (Å²) in [7, 11) is 0. The average Bonchev–Trinajstić information content (AvgIpc) is 2.35. The van der Waals surface area contributed by atoms with Gasteiger partial charge in [0, 0.05) is 0 Å². The monoisotopic (exact) mass is 231 g/mol. The maximum Gasteiger partial charge on any atom is 0.123 e. The number of para-hydroxylation sites is 1. The minimum atomic E-state index is 0.484. The lowest BCUT2D eigenvalue weighted by Gasteiger charge is -2.30. The van der Waals surface area contributed by atoms with Crippen molar-refractivity contribution >= 4 is 0 Å². The quantitative estimate of drug-likeness (QED) is 0.863. The molecule has 2 aliphatic rings. The zero-order valence-electron chi connectivity index (χ0n) is 10.3. The normalized spacial score (nSPS) is 22.1. The molecular formula is C15H21NO. The molecule has 2 nitrogen and oxygen atoms in total. The first-order valence-electron chi connectivity index (χ1n) is 6.90. The Morgan fingerprint density at radius 1 is 1.00 bits per heavy atom. The predicted octanol–water partition coefficient (Wildman–Crippen LogP) is 3.08. The topological polar surface area (TPSA) is 21.3 Å². The third-order valence-electron chi connectivity index (χ3n) is 4.04. The first kappa shape index (κ1) is 11.1. The standard InChI is InChI=1S/C15H21NO/c1-2-7-15(17-13-4-3-5-13)14(6-1)12-8-10-16-11-9-12/h1-2,6-7,12-13,16H,3-5,8-11H2. The largest absolute Gasteiger partial charge is 0.490 e. The van der Waals surface area contributed by atoms with Crippen LogP contribution in [0.5, 0.6) is 5.75 Å². The van der Waals surface area contributed by atoms with Gasteiger partial charge in [-0.3, -0.25) is 0 Å². The Hall–Kier alpha value is -1.02. The highest BCUT2D eigenvalue weighted by Crippen LogP contribution is 2.35.